The predicted octanol–water partition coefficient (Wildman–Crippen LogP) is 4.50. The number of guanidine groups is 1. The molecule has 1 atom stereocenters. The molecule has 2 aromatic carbocycles. The lowest BCUT2D eigenvalue weighted by Crippen LogP contribution is -2.34. The largest absolute Gasteiger partial charge is 0.467 e. The van der Waals surface area contributed by atoms with Crippen molar-refractivity contribution in [1.82, 2.24) is 5.32 Å². The van der Waals surface area contributed by atoms with Gasteiger partial charge in [-0.3, -0.25) is 0 Å². The number of anilines is 1. The maximum Gasteiger partial charge on any atom is 0.196 e. The smallest absolute Gasteiger partial charge is 0.196 e. The van der Waals surface area contributed by atoms with Crippen LogP contribution in [0.1, 0.15) is 23.0 Å². The Hall–Kier alpha value is -2.32. The minimum Gasteiger partial charge on any atom is -0.467 e. The van der Waals surface area contributed by atoms with E-state index in [1.807, 2.05) is 30.3 Å². The van der Waals surface area contributed by atoms with E-state index in [9.17, 15) is 5.11 Å². The number of nitrogens with zero attached hydrogens (tertiary/aromatic N) is 1. The van der Waals surface area contributed by atoms with Crippen LogP contribution in [0.5, 0.6) is 0 Å². The normalized spacial score (nSPS) is 12.1. The Bertz CT molecular complexity index is 818. The van der Waals surface area contributed by atoms with Crippen LogP contribution in [-0.2, 0) is 6.54 Å². The molecule has 0 amide bonds. The summed E-state index contributed by atoms with van der Waals surface area (Å²) in [6, 6.07) is 21.6. The quantitative estimate of drug-likeness (QED) is 0.278. The van der Waals surface area contributed by atoms with Gasteiger partial charge in [0.1, 0.15) is 11.9 Å². The van der Waals surface area contributed by atoms with Gasteiger partial charge in [0.25, 0.3) is 0 Å². The Labute approximate surface area is 176 Å². The van der Waals surface area contributed by atoms with Gasteiger partial charge in [-0.15, -0.1) is 24.0 Å². The van der Waals surface area contributed by atoms with Gasteiger partial charge in [0.15, 0.2) is 5.96 Å². The second kappa shape index (κ2) is 10.7. The fraction of sp³-hybridized carbons (Fsp3) is 0.190. The molecule has 0 bridgehead atoms. The van der Waals surface area contributed by atoms with E-state index in [1.165, 1.54) is 5.56 Å². The summed E-state index contributed by atoms with van der Waals surface area (Å²) in [5.74, 6) is 1.12. The maximum absolute atomic E-state index is 10.2. The predicted molar refractivity (Wildman–Crippen MR) is 119 cm³/mol. The molecule has 27 heavy (non-hydrogen) atoms. The van der Waals surface area contributed by atoms with Crippen molar-refractivity contribution >= 4 is 35.6 Å². The van der Waals surface area contributed by atoms with Crippen LogP contribution in [0.3, 0.4) is 0 Å². The third-order valence-corrected chi connectivity index (χ3v) is 3.91. The molecular formula is C21H24IN3O2. The zero-order valence-corrected chi connectivity index (χ0v) is 17.5. The van der Waals surface area contributed by atoms with Gasteiger partial charge in [-0.1, -0.05) is 48.0 Å². The molecule has 5 nitrogen and oxygen atoms in total. The van der Waals surface area contributed by atoms with Crippen LogP contribution in [0, 0.1) is 6.92 Å². The van der Waals surface area contributed by atoms with E-state index >= 15 is 0 Å². The molecule has 0 spiro atoms. The van der Waals surface area contributed by atoms with Crippen LogP contribution >= 0.6 is 24.0 Å². The number of aliphatic hydroxyl groups is 1. The fourth-order valence-corrected chi connectivity index (χ4v) is 2.44. The number of benzene rings is 2. The Balaban J connectivity index is 0.00000261. The van der Waals surface area contributed by atoms with E-state index in [0.29, 0.717) is 24.8 Å². The monoisotopic (exact) mass is 477 g/mol. The first kappa shape index (κ1) is 21.0. The van der Waals surface area contributed by atoms with Crippen LogP contribution in [0.4, 0.5) is 5.69 Å². The number of aliphatic imine (C=N–C) groups is 1. The summed E-state index contributed by atoms with van der Waals surface area (Å²) in [4.78, 5) is 4.62. The lowest BCUT2D eigenvalue weighted by Gasteiger charge is -2.15. The number of nitrogens with one attached hydrogen (secondary N) is 2. The highest BCUT2D eigenvalue weighted by molar-refractivity contribution is 14.0. The fourth-order valence-electron chi connectivity index (χ4n) is 2.44. The molecule has 0 saturated carbocycles. The molecule has 0 saturated heterocycles. The molecule has 1 heterocycles. The summed E-state index contributed by atoms with van der Waals surface area (Å²) in [6.45, 7) is 2.90. The number of aliphatic hydroxyl groups excluding tert-OH is 1. The zero-order chi connectivity index (χ0) is 18.2. The second-order valence-electron chi connectivity index (χ2n) is 6.05. The SMILES string of the molecule is Cc1ccc(CN=C(NCC(O)c2ccco2)Nc2ccccc2)cc1.I. The van der Waals surface area contributed by atoms with Crippen molar-refractivity contribution in [2.75, 3.05) is 11.9 Å². The van der Waals surface area contributed by atoms with Gasteiger partial charge < -0.3 is 20.2 Å². The van der Waals surface area contributed by atoms with Crippen molar-refractivity contribution in [3.05, 3.63) is 89.9 Å². The Morgan fingerprint density at radius 1 is 1.04 bits per heavy atom. The number of halogens is 1. The minimum absolute atomic E-state index is 0. The van der Waals surface area contributed by atoms with Crippen molar-refractivity contribution in [3.8, 4) is 0 Å². The molecule has 1 aromatic heterocycles. The molecule has 1 unspecified atom stereocenters. The van der Waals surface area contributed by atoms with Gasteiger partial charge >= 0.3 is 0 Å². The first-order valence-corrected chi connectivity index (χ1v) is 8.58. The second-order valence-corrected chi connectivity index (χ2v) is 6.05. The third kappa shape index (κ3) is 6.73. The van der Waals surface area contributed by atoms with Gasteiger partial charge in [-0.25, -0.2) is 4.99 Å². The van der Waals surface area contributed by atoms with E-state index in [0.717, 1.165) is 11.3 Å². The van der Waals surface area contributed by atoms with Crippen LogP contribution < -0.4 is 10.6 Å². The average molecular weight is 477 g/mol. The van der Waals surface area contributed by atoms with Gasteiger partial charge in [0.2, 0.25) is 0 Å². The highest BCUT2D eigenvalue weighted by Gasteiger charge is 2.11. The molecule has 0 aliphatic carbocycles. The Morgan fingerprint density at radius 2 is 1.78 bits per heavy atom. The molecular weight excluding hydrogens is 453 g/mol. The summed E-state index contributed by atoms with van der Waals surface area (Å²) in [7, 11) is 0. The topological polar surface area (TPSA) is 69.8 Å². The van der Waals surface area contributed by atoms with Crippen molar-refractivity contribution in [3.63, 3.8) is 0 Å². The van der Waals surface area contributed by atoms with Crippen molar-refractivity contribution < 1.29 is 9.52 Å². The maximum atomic E-state index is 10.2. The minimum atomic E-state index is -0.743. The lowest BCUT2D eigenvalue weighted by molar-refractivity contribution is 0.153. The molecule has 3 rings (SSSR count). The third-order valence-electron chi connectivity index (χ3n) is 3.91. The number of furan rings is 1. The molecule has 0 fully saturated rings. The molecule has 3 N–H and O–H groups in total. The summed E-state index contributed by atoms with van der Waals surface area (Å²) >= 11 is 0. The molecule has 3 aromatic rings. The van der Waals surface area contributed by atoms with E-state index in [4.69, 9.17) is 4.42 Å². The number of hydrogen-bond donors (Lipinski definition) is 3. The summed E-state index contributed by atoms with van der Waals surface area (Å²) < 4.78 is 5.24. The van der Waals surface area contributed by atoms with Crippen LogP contribution in [0.25, 0.3) is 0 Å². The zero-order valence-electron chi connectivity index (χ0n) is 15.1. The Kier molecular flexibility index (Phi) is 8.35. The van der Waals surface area contributed by atoms with E-state index < -0.39 is 6.10 Å². The van der Waals surface area contributed by atoms with Crippen LogP contribution in [-0.4, -0.2) is 17.6 Å². The van der Waals surface area contributed by atoms with Crippen molar-refractivity contribution in [2.45, 2.75) is 19.6 Å². The molecule has 0 radical (unpaired) electrons. The average Bonchev–Trinajstić information content (AvgIpc) is 3.21. The van der Waals surface area contributed by atoms with E-state index in [-0.39, 0.29) is 24.0 Å². The number of para-hydroxylation sites is 1. The number of hydrogen-bond acceptors (Lipinski definition) is 3. The standard InChI is InChI=1S/C21H23N3O2.HI/c1-16-9-11-17(12-10-16)14-22-21(24-18-6-3-2-4-7-18)23-15-19(25)20-8-5-13-26-20;/h2-13,19,25H,14-15H2,1H3,(H2,22,23,24);1H. The Morgan fingerprint density at radius 3 is 2.44 bits per heavy atom. The van der Waals surface area contributed by atoms with Crippen molar-refractivity contribution in [2.24, 2.45) is 4.99 Å². The van der Waals surface area contributed by atoms with Gasteiger partial charge in [-0.05, 0) is 36.8 Å². The van der Waals surface area contributed by atoms with E-state index in [2.05, 4.69) is 46.8 Å². The highest BCUT2D eigenvalue weighted by atomic mass is 127. The summed E-state index contributed by atoms with van der Waals surface area (Å²) in [5.41, 5.74) is 3.27. The lowest BCUT2D eigenvalue weighted by atomic mass is 10.1. The summed E-state index contributed by atoms with van der Waals surface area (Å²) in [5, 5.41) is 16.6. The van der Waals surface area contributed by atoms with Crippen LogP contribution in [0.15, 0.2) is 82.4 Å². The molecule has 0 aliphatic rings. The molecule has 142 valence electrons. The summed E-state index contributed by atoms with van der Waals surface area (Å²) in [6.07, 6.45) is 0.805. The van der Waals surface area contributed by atoms with Crippen molar-refractivity contribution in [1.29, 1.82) is 0 Å². The molecule has 0 aliphatic heterocycles. The number of rotatable bonds is 6. The van der Waals surface area contributed by atoms with Gasteiger partial charge in [-0.2, -0.15) is 0 Å². The van der Waals surface area contributed by atoms with Gasteiger partial charge in [0, 0.05) is 5.69 Å². The highest BCUT2D eigenvalue weighted by Crippen LogP contribution is 2.12. The van der Waals surface area contributed by atoms with Gasteiger partial charge in [0.05, 0.1) is 19.4 Å². The first-order chi connectivity index (χ1) is 12.7. The number of aryl methyl sites for hydroxylation is 1. The van der Waals surface area contributed by atoms with Crippen LogP contribution in [0.2, 0.25) is 0 Å². The van der Waals surface area contributed by atoms with E-state index in [1.54, 1.807) is 18.4 Å². The molecule has 6 heteroatoms. The first-order valence-electron chi connectivity index (χ1n) is 8.58.